The van der Waals surface area contributed by atoms with Gasteiger partial charge in [-0.1, -0.05) is 53.7 Å². The van der Waals surface area contributed by atoms with Crippen molar-refractivity contribution in [2.75, 3.05) is 18.9 Å². The zero-order chi connectivity index (χ0) is 23.0. The number of aromatic nitrogens is 3. The third kappa shape index (κ3) is 6.22. The van der Waals surface area contributed by atoms with E-state index in [0.29, 0.717) is 34.7 Å². The monoisotopic (exact) mass is 486 g/mol. The SMILES string of the molecule is O=C(/C=C/c1ccccc1Cl)NCCc1nnc(SC[C@H]2CCCO2)n1-c1ccccc1F. The molecular formula is C24H24ClFN4O2S. The maximum absolute atomic E-state index is 14.6. The highest BCUT2D eigenvalue weighted by Crippen LogP contribution is 2.27. The lowest BCUT2D eigenvalue weighted by molar-refractivity contribution is -0.116. The summed E-state index contributed by atoms with van der Waals surface area (Å²) in [6.07, 6.45) is 5.74. The molecule has 0 spiro atoms. The van der Waals surface area contributed by atoms with E-state index in [9.17, 15) is 9.18 Å². The van der Waals surface area contributed by atoms with Gasteiger partial charge in [0.1, 0.15) is 11.6 Å². The molecule has 0 unspecified atom stereocenters. The van der Waals surface area contributed by atoms with Gasteiger partial charge in [0, 0.05) is 36.4 Å². The molecule has 3 aromatic rings. The highest BCUT2D eigenvalue weighted by molar-refractivity contribution is 7.99. The van der Waals surface area contributed by atoms with Crippen LogP contribution >= 0.6 is 23.4 Å². The van der Waals surface area contributed by atoms with Crippen molar-refractivity contribution >= 4 is 35.3 Å². The van der Waals surface area contributed by atoms with Crippen LogP contribution in [0.4, 0.5) is 4.39 Å². The first kappa shape index (κ1) is 23.5. The van der Waals surface area contributed by atoms with Gasteiger partial charge in [0.05, 0.1) is 11.8 Å². The molecule has 1 aliphatic heterocycles. The number of nitrogens with zero attached hydrogens (tertiary/aromatic N) is 3. The summed E-state index contributed by atoms with van der Waals surface area (Å²) in [7, 11) is 0. The number of halogens is 2. The molecule has 1 atom stereocenters. The van der Waals surface area contributed by atoms with Crippen LogP contribution in [0.5, 0.6) is 0 Å². The molecular weight excluding hydrogens is 463 g/mol. The summed E-state index contributed by atoms with van der Waals surface area (Å²) in [5.41, 5.74) is 1.15. The van der Waals surface area contributed by atoms with E-state index in [-0.39, 0.29) is 17.8 Å². The molecule has 2 aromatic carbocycles. The van der Waals surface area contributed by atoms with Crippen LogP contribution in [0.1, 0.15) is 24.2 Å². The van der Waals surface area contributed by atoms with Crippen LogP contribution in [0, 0.1) is 5.82 Å². The predicted molar refractivity (Wildman–Crippen MR) is 128 cm³/mol. The van der Waals surface area contributed by atoms with Crippen LogP contribution in [0.3, 0.4) is 0 Å². The predicted octanol–water partition coefficient (Wildman–Crippen LogP) is 4.70. The normalized spacial score (nSPS) is 15.9. The van der Waals surface area contributed by atoms with E-state index in [1.54, 1.807) is 34.9 Å². The van der Waals surface area contributed by atoms with E-state index >= 15 is 0 Å². The number of benzene rings is 2. The minimum Gasteiger partial charge on any atom is -0.377 e. The van der Waals surface area contributed by atoms with Gasteiger partial charge >= 0.3 is 0 Å². The summed E-state index contributed by atoms with van der Waals surface area (Å²) >= 11 is 7.61. The summed E-state index contributed by atoms with van der Waals surface area (Å²) in [4.78, 5) is 12.2. The molecule has 0 saturated carbocycles. The number of rotatable bonds is 9. The minimum atomic E-state index is -0.357. The van der Waals surface area contributed by atoms with Crippen molar-refractivity contribution in [3.05, 3.63) is 76.8 Å². The van der Waals surface area contributed by atoms with Crippen molar-refractivity contribution in [3.63, 3.8) is 0 Å². The van der Waals surface area contributed by atoms with Gasteiger partial charge in [-0.05, 0) is 42.7 Å². The van der Waals surface area contributed by atoms with Crippen LogP contribution in [-0.2, 0) is 16.0 Å². The van der Waals surface area contributed by atoms with Crippen molar-refractivity contribution in [1.82, 2.24) is 20.1 Å². The minimum absolute atomic E-state index is 0.174. The molecule has 9 heteroatoms. The molecule has 1 aromatic heterocycles. The summed E-state index contributed by atoms with van der Waals surface area (Å²) in [6.45, 7) is 1.11. The first-order valence-corrected chi connectivity index (χ1v) is 12.1. The topological polar surface area (TPSA) is 69.0 Å². The molecule has 0 radical (unpaired) electrons. The van der Waals surface area contributed by atoms with Gasteiger partial charge in [-0.25, -0.2) is 4.39 Å². The molecule has 33 heavy (non-hydrogen) atoms. The molecule has 0 aliphatic carbocycles. The maximum atomic E-state index is 14.6. The van der Waals surface area contributed by atoms with E-state index in [1.165, 1.54) is 23.9 Å². The second-order valence-corrected chi connectivity index (χ2v) is 8.92. The average molecular weight is 487 g/mol. The van der Waals surface area contributed by atoms with Crippen LogP contribution < -0.4 is 5.32 Å². The van der Waals surface area contributed by atoms with E-state index in [0.717, 1.165) is 30.8 Å². The molecule has 2 heterocycles. The molecule has 6 nitrogen and oxygen atoms in total. The van der Waals surface area contributed by atoms with E-state index < -0.39 is 0 Å². The first-order valence-electron chi connectivity index (χ1n) is 10.8. The fourth-order valence-corrected chi connectivity index (χ4v) is 4.73. The molecule has 1 saturated heterocycles. The molecule has 172 valence electrons. The second-order valence-electron chi connectivity index (χ2n) is 7.53. The molecule has 1 fully saturated rings. The van der Waals surface area contributed by atoms with Crippen LogP contribution in [0.15, 0.2) is 59.8 Å². The van der Waals surface area contributed by atoms with E-state index in [1.807, 2.05) is 18.2 Å². The number of ether oxygens (including phenoxy) is 1. The Hall–Kier alpha value is -2.68. The second kappa shape index (κ2) is 11.4. The zero-order valence-corrected chi connectivity index (χ0v) is 19.5. The number of hydrogen-bond acceptors (Lipinski definition) is 5. The number of hydrogen-bond donors (Lipinski definition) is 1. The number of para-hydroxylation sites is 1. The summed E-state index contributed by atoms with van der Waals surface area (Å²) in [5, 5.41) is 12.6. The maximum Gasteiger partial charge on any atom is 0.244 e. The third-order valence-electron chi connectivity index (χ3n) is 5.18. The van der Waals surface area contributed by atoms with Crippen LogP contribution in [0.25, 0.3) is 11.8 Å². The average Bonchev–Trinajstić information content (AvgIpc) is 3.47. The number of amides is 1. The largest absolute Gasteiger partial charge is 0.377 e. The highest BCUT2D eigenvalue weighted by Gasteiger charge is 2.21. The van der Waals surface area contributed by atoms with Gasteiger partial charge in [0.2, 0.25) is 5.91 Å². The lowest BCUT2D eigenvalue weighted by atomic mass is 10.2. The Kier molecular flexibility index (Phi) is 8.15. The Balaban J connectivity index is 1.42. The van der Waals surface area contributed by atoms with E-state index in [4.69, 9.17) is 16.3 Å². The summed E-state index contributed by atoms with van der Waals surface area (Å²) in [5.74, 6) is 0.699. The van der Waals surface area contributed by atoms with Crippen LogP contribution in [-0.4, -0.2) is 45.7 Å². The number of thioether (sulfide) groups is 1. The van der Waals surface area contributed by atoms with Gasteiger partial charge in [-0.2, -0.15) is 0 Å². The highest BCUT2D eigenvalue weighted by atomic mass is 35.5. The molecule has 0 bridgehead atoms. The van der Waals surface area contributed by atoms with Crippen LogP contribution in [0.2, 0.25) is 5.02 Å². The zero-order valence-electron chi connectivity index (χ0n) is 17.9. The standard InChI is InChI=1S/C24H24ClFN4O2S/c25-19-8-2-1-6-17(19)11-12-23(31)27-14-13-22-28-29-24(33-16-18-7-5-15-32-18)30(22)21-10-4-3-9-20(21)26/h1-4,6,8-12,18H,5,7,13-16H2,(H,27,31)/b12-11+/t18-/m1/s1. The summed E-state index contributed by atoms with van der Waals surface area (Å²) in [6, 6.07) is 13.8. The molecule has 1 N–H and O–H groups in total. The third-order valence-corrected chi connectivity index (χ3v) is 6.59. The number of carbonyl (C=O) groups is 1. The fraction of sp³-hybridized carbons (Fsp3) is 0.292. The van der Waals surface area contributed by atoms with Gasteiger partial charge in [0.15, 0.2) is 5.16 Å². The molecule has 1 amide bonds. The Morgan fingerprint density at radius 2 is 2.06 bits per heavy atom. The van der Waals surface area contributed by atoms with Gasteiger partial charge in [-0.15, -0.1) is 10.2 Å². The van der Waals surface area contributed by atoms with Gasteiger partial charge in [-0.3, -0.25) is 9.36 Å². The smallest absolute Gasteiger partial charge is 0.244 e. The first-order chi connectivity index (χ1) is 16.1. The Bertz CT molecular complexity index is 1130. The lowest BCUT2D eigenvalue weighted by Gasteiger charge is -2.13. The van der Waals surface area contributed by atoms with Gasteiger partial charge < -0.3 is 10.1 Å². The van der Waals surface area contributed by atoms with Crippen molar-refractivity contribution in [2.24, 2.45) is 0 Å². The van der Waals surface area contributed by atoms with Crippen molar-refractivity contribution in [3.8, 4) is 5.69 Å². The van der Waals surface area contributed by atoms with E-state index in [2.05, 4.69) is 15.5 Å². The van der Waals surface area contributed by atoms with Crippen molar-refractivity contribution < 1.29 is 13.9 Å². The van der Waals surface area contributed by atoms with Crippen molar-refractivity contribution in [1.29, 1.82) is 0 Å². The fourth-order valence-electron chi connectivity index (χ4n) is 3.51. The number of nitrogens with one attached hydrogen (secondary N) is 1. The quantitative estimate of drug-likeness (QED) is 0.350. The summed E-state index contributed by atoms with van der Waals surface area (Å²) < 4.78 is 22.0. The molecule has 1 aliphatic rings. The molecule has 4 rings (SSSR count). The Morgan fingerprint density at radius 1 is 1.24 bits per heavy atom. The van der Waals surface area contributed by atoms with Crippen molar-refractivity contribution in [2.45, 2.75) is 30.5 Å². The van der Waals surface area contributed by atoms with Gasteiger partial charge in [0.25, 0.3) is 0 Å². The number of carbonyl (C=O) groups excluding carboxylic acids is 1. The Morgan fingerprint density at radius 3 is 2.85 bits per heavy atom. The lowest BCUT2D eigenvalue weighted by Crippen LogP contribution is -2.24. The Labute approximate surface area is 201 Å².